The van der Waals surface area contributed by atoms with Crippen LogP contribution in [0.1, 0.15) is 63.1 Å². The molecule has 13 heteroatoms. The van der Waals surface area contributed by atoms with Crippen LogP contribution in [0.2, 0.25) is 0 Å². The van der Waals surface area contributed by atoms with Gasteiger partial charge in [0.2, 0.25) is 17.7 Å². The summed E-state index contributed by atoms with van der Waals surface area (Å²) in [4.78, 5) is 63.8. The SMILES string of the molecule is O=C(CCNc1cccc2c1C(=O)N(C1CCC(=O)NC1=O)C2=O)NCCOc1ccc(C(=C(CCCl)c2ccc(O)cc2)c2ccc(O)cc2)cc1. The molecule has 272 valence electrons. The number of hydrogen-bond donors (Lipinski definition) is 5. The highest BCUT2D eigenvalue weighted by Crippen LogP contribution is 2.37. The largest absolute Gasteiger partial charge is 0.508 e. The van der Waals surface area contributed by atoms with E-state index in [1.54, 1.807) is 36.4 Å². The van der Waals surface area contributed by atoms with Gasteiger partial charge in [-0.05, 0) is 89.2 Å². The van der Waals surface area contributed by atoms with Gasteiger partial charge in [0.25, 0.3) is 11.8 Å². The number of carbonyl (C=O) groups is 5. The summed E-state index contributed by atoms with van der Waals surface area (Å²) in [5, 5.41) is 27.8. The van der Waals surface area contributed by atoms with E-state index in [1.165, 1.54) is 6.07 Å². The third kappa shape index (κ3) is 8.34. The molecule has 1 saturated heterocycles. The second-order valence-corrected chi connectivity index (χ2v) is 12.8. The van der Waals surface area contributed by atoms with Crippen molar-refractivity contribution in [3.63, 3.8) is 0 Å². The lowest BCUT2D eigenvalue weighted by Crippen LogP contribution is -2.54. The van der Waals surface area contributed by atoms with Crippen molar-refractivity contribution in [3.05, 3.63) is 119 Å². The summed E-state index contributed by atoms with van der Waals surface area (Å²) in [6.45, 7) is 0.634. The Morgan fingerprint density at radius 3 is 2.09 bits per heavy atom. The van der Waals surface area contributed by atoms with E-state index in [0.29, 0.717) is 23.7 Å². The highest BCUT2D eigenvalue weighted by molar-refractivity contribution is 6.25. The van der Waals surface area contributed by atoms with Crippen LogP contribution >= 0.6 is 11.6 Å². The van der Waals surface area contributed by atoms with E-state index in [9.17, 15) is 34.2 Å². The lowest BCUT2D eigenvalue weighted by Gasteiger charge is -2.27. The number of alkyl halides is 1. The Labute approximate surface area is 310 Å². The van der Waals surface area contributed by atoms with Crippen LogP contribution in [0.5, 0.6) is 17.2 Å². The predicted octanol–water partition coefficient (Wildman–Crippen LogP) is 5.08. The molecule has 5 N–H and O–H groups in total. The minimum Gasteiger partial charge on any atom is -0.508 e. The van der Waals surface area contributed by atoms with Crippen molar-refractivity contribution in [1.82, 2.24) is 15.5 Å². The minimum atomic E-state index is -1.07. The molecule has 0 radical (unpaired) electrons. The number of ether oxygens (including phenoxy) is 1. The zero-order chi connectivity index (χ0) is 37.5. The van der Waals surface area contributed by atoms with Crippen LogP contribution in [0.3, 0.4) is 0 Å². The molecule has 0 bridgehead atoms. The van der Waals surface area contributed by atoms with Gasteiger partial charge >= 0.3 is 0 Å². The van der Waals surface area contributed by atoms with Crippen LogP contribution in [-0.2, 0) is 14.4 Å². The first kappa shape index (κ1) is 36.6. The monoisotopic (exact) mass is 736 g/mol. The number of anilines is 1. The van der Waals surface area contributed by atoms with Gasteiger partial charge < -0.3 is 25.6 Å². The molecule has 5 amide bonds. The number of fused-ring (bicyclic) bond motifs is 1. The number of piperidine rings is 1. The van der Waals surface area contributed by atoms with E-state index >= 15 is 0 Å². The van der Waals surface area contributed by atoms with Crippen molar-refractivity contribution < 1.29 is 38.9 Å². The molecule has 0 spiro atoms. The summed E-state index contributed by atoms with van der Waals surface area (Å²) in [6.07, 6.45) is 0.729. The Hall–Kier alpha value is -6.14. The molecule has 53 heavy (non-hydrogen) atoms. The maximum Gasteiger partial charge on any atom is 0.264 e. The molecule has 1 atom stereocenters. The number of nitrogens with zero attached hydrogens (tertiary/aromatic N) is 1. The van der Waals surface area contributed by atoms with Crippen LogP contribution in [0.15, 0.2) is 91.0 Å². The molecule has 4 aromatic carbocycles. The average molecular weight is 737 g/mol. The summed E-state index contributed by atoms with van der Waals surface area (Å²) in [6, 6.07) is 25.1. The summed E-state index contributed by atoms with van der Waals surface area (Å²) in [7, 11) is 0. The number of benzene rings is 4. The second kappa shape index (κ2) is 16.5. The summed E-state index contributed by atoms with van der Waals surface area (Å²) in [5.74, 6) is -1.32. The Balaban J connectivity index is 1.03. The van der Waals surface area contributed by atoms with Crippen molar-refractivity contribution in [2.75, 3.05) is 30.9 Å². The van der Waals surface area contributed by atoms with Crippen molar-refractivity contribution in [3.8, 4) is 17.2 Å². The summed E-state index contributed by atoms with van der Waals surface area (Å²) >= 11 is 6.24. The number of phenols is 2. The normalized spacial score (nSPS) is 15.8. The molecule has 0 aromatic heterocycles. The van der Waals surface area contributed by atoms with E-state index in [4.69, 9.17) is 16.3 Å². The fourth-order valence-electron chi connectivity index (χ4n) is 6.45. The van der Waals surface area contributed by atoms with Gasteiger partial charge in [0.1, 0.15) is 29.9 Å². The van der Waals surface area contributed by atoms with E-state index in [0.717, 1.165) is 32.7 Å². The van der Waals surface area contributed by atoms with Gasteiger partial charge in [0.15, 0.2) is 0 Å². The summed E-state index contributed by atoms with van der Waals surface area (Å²) < 4.78 is 5.89. The third-order valence-electron chi connectivity index (χ3n) is 8.99. The van der Waals surface area contributed by atoms with Crippen molar-refractivity contribution in [2.24, 2.45) is 0 Å². The molecule has 2 aliphatic rings. The molecule has 0 saturated carbocycles. The smallest absolute Gasteiger partial charge is 0.264 e. The Kier molecular flexibility index (Phi) is 11.4. The topological polar surface area (TPSA) is 174 Å². The summed E-state index contributed by atoms with van der Waals surface area (Å²) in [5.41, 5.74) is 5.24. The first-order chi connectivity index (χ1) is 25.6. The molecule has 12 nitrogen and oxygen atoms in total. The van der Waals surface area contributed by atoms with Gasteiger partial charge in [-0.3, -0.25) is 34.2 Å². The quantitative estimate of drug-likeness (QED) is 0.0512. The Morgan fingerprint density at radius 2 is 1.45 bits per heavy atom. The fourth-order valence-corrected chi connectivity index (χ4v) is 6.64. The van der Waals surface area contributed by atoms with Gasteiger partial charge in [-0.1, -0.05) is 42.5 Å². The zero-order valence-corrected chi connectivity index (χ0v) is 29.3. The minimum absolute atomic E-state index is 0.0288. The average Bonchev–Trinajstić information content (AvgIpc) is 3.41. The van der Waals surface area contributed by atoms with Crippen LogP contribution in [0.25, 0.3) is 11.1 Å². The molecule has 4 aromatic rings. The lowest BCUT2D eigenvalue weighted by molar-refractivity contribution is -0.136. The third-order valence-corrected chi connectivity index (χ3v) is 9.18. The van der Waals surface area contributed by atoms with E-state index in [-0.39, 0.29) is 67.5 Å². The predicted molar refractivity (Wildman–Crippen MR) is 199 cm³/mol. The number of nitrogens with one attached hydrogen (secondary N) is 3. The number of imide groups is 2. The second-order valence-electron chi connectivity index (χ2n) is 12.5. The van der Waals surface area contributed by atoms with Crippen molar-refractivity contribution >= 4 is 58.0 Å². The van der Waals surface area contributed by atoms with Gasteiger partial charge in [-0.25, -0.2) is 0 Å². The number of allylic oxidation sites excluding steroid dienone is 1. The van der Waals surface area contributed by atoms with E-state index in [1.807, 2.05) is 48.5 Å². The van der Waals surface area contributed by atoms with Gasteiger partial charge in [0.05, 0.1) is 17.7 Å². The lowest BCUT2D eigenvalue weighted by atomic mass is 9.88. The molecule has 0 aliphatic carbocycles. The highest BCUT2D eigenvalue weighted by atomic mass is 35.5. The Morgan fingerprint density at radius 1 is 0.811 bits per heavy atom. The van der Waals surface area contributed by atoms with Gasteiger partial charge in [0, 0.05) is 31.0 Å². The molecule has 6 rings (SSSR count). The molecule has 2 heterocycles. The highest BCUT2D eigenvalue weighted by Gasteiger charge is 2.45. The van der Waals surface area contributed by atoms with E-state index < -0.39 is 29.7 Å². The molecule has 2 aliphatic heterocycles. The maximum absolute atomic E-state index is 13.3. The van der Waals surface area contributed by atoms with Crippen LogP contribution in [-0.4, -0.2) is 76.3 Å². The molecule has 1 unspecified atom stereocenters. The van der Waals surface area contributed by atoms with Crippen LogP contribution < -0.4 is 20.7 Å². The fraction of sp³-hybridized carbons (Fsp3) is 0.225. The number of carbonyl (C=O) groups excluding carboxylic acids is 5. The number of hydrogen-bond acceptors (Lipinski definition) is 9. The standard InChI is InChI=1S/C40H37ClN4O8/c41-20-18-30(24-4-10-27(46)11-5-24)36(25-6-12-28(47)13-7-25)26-8-14-29(15-9-26)53-23-22-43-34(48)19-21-42-32-3-1-2-31-37(32)40(52)45(39(31)51)33-16-17-35(49)44-38(33)50/h1-15,33,42,46-47H,16-23H2,(H,43,48)(H,44,49,50). The van der Waals surface area contributed by atoms with E-state index in [2.05, 4.69) is 16.0 Å². The van der Waals surface area contributed by atoms with Crippen LogP contribution in [0, 0.1) is 0 Å². The molecular formula is C40H37ClN4O8. The zero-order valence-electron chi connectivity index (χ0n) is 28.6. The van der Waals surface area contributed by atoms with Gasteiger partial charge in [-0.2, -0.15) is 0 Å². The number of phenolic OH excluding ortho intramolecular Hbond substituents is 2. The molecular weight excluding hydrogens is 700 g/mol. The Bertz CT molecular complexity index is 2060. The number of halogens is 1. The van der Waals surface area contributed by atoms with Crippen molar-refractivity contribution in [1.29, 1.82) is 0 Å². The van der Waals surface area contributed by atoms with Crippen molar-refractivity contribution in [2.45, 2.75) is 31.7 Å². The maximum atomic E-state index is 13.3. The first-order valence-corrected chi connectivity index (χ1v) is 17.6. The number of amides is 5. The number of aromatic hydroxyl groups is 2. The first-order valence-electron chi connectivity index (χ1n) is 17.1. The van der Waals surface area contributed by atoms with Gasteiger partial charge in [-0.15, -0.1) is 11.6 Å². The number of rotatable bonds is 14. The molecule has 1 fully saturated rings. The van der Waals surface area contributed by atoms with Crippen LogP contribution in [0.4, 0.5) is 5.69 Å².